The summed E-state index contributed by atoms with van der Waals surface area (Å²) in [6.07, 6.45) is 3.58. The Hall–Kier alpha value is -2.76. The number of rotatable bonds is 6. The maximum atomic E-state index is 10.9. The lowest BCUT2D eigenvalue weighted by Gasteiger charge is -2.33. The van der Waals surface area contributed by atoms with Gasteiger partial charge in [-0.1, -0.05) is 6.07 Å². The molecule has 2 aromatic rings. The van der Waals surface area contributed by atoms with Gasteiger partial charge < -0.3 is 19.5 Å². The lowest BCUT2D eigenvalue weighted by Crippen LogP contribution is -2.38. The number of methoxy groups -OCH3 is 1. The minimum Gasteiger partial charge on any atom is -0.497 e. The number of nitrogens with zero attached hydrogens (tertiary/aromatic N) is 2. The smallest absolute Gasteiger partial charge is 0.337 e. The van der Waals surface area contributed by atoms with Gasteiger partial charge in [0.05, 0.1) is 19.3 Å². The predicted molar refractivity (Wildman–Crippen MR) is 94.6 cm³/mol. The zero-order valence-corrected chi connectivity index (χ0v) is 14.2. The molecule has 132 valence electrons. The van der Waals surface area contributed by atoms with Crippen LogP contribution < -0.4 is 14.4 Å². The normalized spacial score (nSPS) is 17.2. The predicted octanol–water partition coefficient (Wildman–Crippen LogP) is 3.08. The highest BCUT2D eigenvalue weighted by atomic mass is 16.5. The molecule has 0 spiro atoms. The van der Waals surface area contributed by atoms with Crippen molar-refractivity contribution in [2.45, 2.75) is 12.8 Å². The van der Waals surface area contributed by atoms with Gasteiger partial charge in [0, 0.05) is 31.3 Å². The molecule has 0 aliphatic carbocycles. The van der Waals surface area contributed by atoms with Gasteiger partial charge >= 0.3 is 5.97 Å². The van der Waals surface area contributed by atoms with Crippen molar-refractivity contribution < 1.29 is 19.4 Å². The average molecular weight is 342 g/mol. The molecule has 1 aliphatic rings. The van der Waals surface area contributed by atoms with Crippen LogP contribution in [0.5, 0.6) is 11.5 Å². The Morgan fingerprint density at radius 3 is 2.88 bits per heavy atom. The molecule has 1 N–H and O–H groups in total. The van der Waals surface area contributed by atoms with Gasteiger partial charge in [-0.2, -0.15) is 0 Å². The summed E-state index contributed by atoms with van der Waals surface area (Å²) in [5, 5.41) is 8.96. The lowest BCUT2D eigenvalue weighted by molar-refractivity contribution is 0.0696. The van der Waals surface area contributed by atoms with E-state index in [4.69, 9.17) is 14.6 Å². The minimum atomic E-state index is -0.956. The third-order valence-electron chi connectivity index (χ3n) is 4.36. The second kappa shape index (κ2) is 7.88. The molecule has 1 atom stereocenters. The van der Waals surface area contributed by atoms with Crippen LogP contribution in [0.15, 0.2) is 42.6 Å². The fraction of sp³-hybridized carbons (Fsp3) is 0.368. The van der Waals surface area contributed by atoms with Crippen molar-refractivity contribution in [3.8, 4) is 11.5 Å². The first-order valence-electron chi connectivity index (χ1n) is 8.37. The molecule has 6 nitrogen and oxygen atoms in total. The van der Waals surface area contributed by atoms with Crippen LogP contribution in [0.2, 0.25) is 0 Å². The molecule has 1 saturated heterocycles. The maximum absolute atomic E-state index is 10.9. The highest BCUT2D eigenvalue weighted by Gasteiger charge is 2.21. The molecule has 25 heavy (non-hydrogen) atoms. The van der Waals surface area contributed by atoms with Crippen molar-refractivity contribution in [1.82, 2.24) is 4.98 Å². The van der Waals surface area contributed by atoms with Crippen LogP contribution in [0.25, 0.3) is 0 Å². The second-order valence-corrected chi connectivity index (χ2v) is 6.15. The van der Waals surface area contributed by atoms with Gasteiger partial charge in [-0.3, -0.25) is 0 Å². The Morgan fingerprint density at radius 1 is 1.32 bits per heavy atom. The van der Waals surface area contributed by atoms with Crippen molar-refractivity contribution in [3.05, 3.63) is 48.2 Å². The molecule has 1 aliphatic heterocycles. The van der Waals surface area contributed by atoms with E-state index in [2.05, 4.69) is 9.88 Å². The number of hydrogen-bond acceptors (Lipinski definition) is 5. The molecule has 0 radical (unpaired) electrons. The van der Waals surface area contributed by atoms with E-state index in [1.165, 1.54) is 6.20 Å². The first-order chi connectivity index (χ1) is 12.2. The number of carbonyl (C=O) groups is 1. The summed E-state index contributed by atoms with van der Waals surface area (Å²) in [6, 6.07) is 11.0. The molecule has 1 fully saturated rings. The molecular weight excluding hydrogens is 320 g/mol. The number of aromatic carboxylic acids is 1. The summed E-state index contributed by atoms with van der Waals surface area (Å²) < 4.78 is 11.1. The molecule has 1 aromatic carbocycles. The molecule has 6 heteroatoms. The van der Waals surface area contributed by atoms with E-state index in [-0.39, 0.29) is 5.56 Å². The second-order valence-electron chi connectivity index (χ2n) is 6.15. The fourth-order valence-corrected chi connectivity index (χ4v) is 3.01. The van der Waals surface area contributed by atoms with E-state index >= 15 is 0 Å². The number of carboxylic acids is 1. The van der Waals surface area contributed by atoms with Crippen molar-refractivity contribution in [3.63, 3.8) is 0 Å². The summed E-state index contributed by atoms with van der Waals surface area (Å²) in [5.74, 6) is 1.85. The summed E-state index contributed by atoms with van der Waals surface area (Å²) in [4.78, 5) is 17.4. The molecular formula is C19H22N2O4. The van der Waals surface area contributed by atoms with Crippen LogP contribution in [-0.2, 0) is 0 Å². The molecule has 3 rings (SSSR count). The van der Waals surface area contributed by atoms with E-state index < -0.39 is 5.97 Å². The first-order valence-corrected chi connectivity index (χ1v) is 8.37. The Bertz CT molecular complexity index is 718. The topological polar surface area (TPSA) is 71.9 Å². The highest BCUT2D eigenvalue weighted by Crippen LogP contribution is 2.24. The number of anilines is 1. The van der Waals surface area contributed by atoms with Gasteiger partial charge in [0.1, 0.15) is 17.3 Å². The Morgan fingerprint density at radius 2 is 2.16 bits per heavy atom. The number of hydrogen-bond donors (Lipinski definition) is 1. The Labute approximate surface area is 147 Å². The van der Waals surface area contributed by atoms with Crippen molar-refractivity contribution in [2.75, 3.05) is 31.7 Å². The molecule has 0 bridgehead atoms. The van der Waals surface area contributed by atoms with Gasteiger partial charge in [0.15, 0.2) is 0 Å². The third kappa shape index (κ3) is 4.41. The number of aromatic nitrogens is 1. The number of benzene rings is 1. The summed E-state index contributed by atoms with van der Waals surface area (Å²) in [6.45, 7) is 2.41. The SMILES string of the molecule is COc1cccc(OCC2CCCN(c3ccc(C(=O)O)cn3)C2)c1. The summed E-state index contributed by atoms with van der Waals surface area (Å²) >= 11 is 0. The number of carboxylic acid groups (broad SMARTS) is 1. The van der Waals surface area contributed by atoms with Crippen molar-refractivity contribution in [2.24, 2.45) is 5.92 Å². The van der Waals surface area contributed by atoms with Crippen LogP contribution in [0.3, 0.4) is 0 Å². The molecule has 1 unspecified atom stereocenters. The quantitative estimate of drug-likeness (QED) is 0.870. The van der Waals surface area contributed by atoms with Crippen LogP contribution in [0.1, 0.15) is 23.2 Å². The Balaban J connectivity index is 1.58. The summed E-state index contributed by atoms with van der Waals surface area (Å²) in [5.41, 5.74) is 0.207. The number of piperidine rings is 1. The van der Waals surface area contributed by atoms with E-state index in [9.17, 15) is 4.79 Å². The Kier molecular flexibility index (Phi) is 5.38. The van der Waals surface area contributed by atoms with Crippen LogP contribution in [0.4, 0.5) is 5.82 Å². The first kappa shape index (κ1) is 17.1. The third-order valence-corrected chi connectivity index (χ3v) is 4.36. The van der Waals surface area contributed by atoms with Gasteiger partial charge in [0.25, 0.3) is 0 Å². The van der Waals surface area contributed by atoms with E-state index in [1.54, 1.807) is 19.2 Å². The minimum absolute atomic E-state index is 0.207. The van der Waals surface area contributed by atoms with Gasteiger partial charge in [-0.15, -0.1) is 0 Å². The molecule has 1 aromatic heterocycles. The van der Waals surface area contributed by atoms with Crippen molar-refractivity contribution >= 4 is 11.8 Å². The monoisotopic (exact) mass is 342 g/mol. The molecule has 2 heterocycles. The fourth-order valence-electron chi connectivity index (χ4n) is 3.01. The summed E-state index contributed by atoms with van der Waals surface area (Å²) in [7, 11) is 1.64. The maximum Gasteiger partial charge on any atom is 0.337 e. The van der Waals surface area contributed by atoms with E-state index in [1.807, 2.05) is 24.3 Å². The van der Waals surface area contributed by atoms with Crippen LogP contribution >= 0.6 is 0 Å². The van der Waals surface area contributed by atoms with Gasteiger partial charge in [-0.05, 0) is 37.1 Å². The van der Waals surface area contributed by atoms with E-state index in [0.29, 0.717) is 12.5 Å². The standard InChI is InChI=1S/C19H22N2O4/c1-24-16-5-2-6-17(10-16)25-13-14-4-3-9-21(12-14)18-8-7-15(11-20-18)19(22)23/h2,5-8,10-11,14H,3-4,9,12-13H2,1H3,(H,22,23). The lowest BCUT2D eigenvalue weighted by atomic mass is 9.99. The van der Waals surface area contributed by atoms with E-state index in [0.717, 1.165) is 43.2 Å². The highest BCUT2D eigenvalue weighted by molar-refractivity contribution is 5.87. The number of pyridine rings is 1. The molecule has 0 saturated carbocycles. The zero-order valence-electron chi connectivity index (χ0n) is 14.2. The largest absolute Gasteiger partial charge is 0.497 e. The van der Waals surface area contributed by atoms with Gasteiger partial charge in [-0.25, -0.2) is 9.78 Å². The van der Waals surface area contributed by atoms with Gasteiger partial charge in [0.2, 0.25) is 0 Å². The van der Waals surface area contributed by atoms with Crippen LogP contribution in [0, 0.1) is 5.92 Å². The average Bonchev–Trinajstić information content (AvgIpc) is 2.67. The number of ether oxygens (including phenoxy) is 2. The molecule has 0 amide bonds. The van der Waals surface area contributed by atoms with Crippen molar-refractivity contribution in [1.29, 1.82) is 0 Å². The zero-order chi connectivity index (χ0) is 17.6. The van der Waals surface area contributed by atoms with Crippen LogP contribution in [-0.4, -0.2) is 42.9 Å².